The summed E-state index contributed by atoms with van der Waals surface area (Å²) < 4.78 is 0. The Morgan fingerprint density at radius 1 is 1.33 bits per heavy atom. The molecule has 0 saturated carbocycles. The van der Waals surface area contributed by atoms with Gasteiger partial charge in [-0.15, -0.1) is 21.5 Å². The monoisotopic (exact) mass is 302 g/mol. The molecule has 1 aromatic carbocycles. The van der Waals surface area contributed by atoms with Crippen LogP contribution >= 0.6 is 11.3 Å². The van der Waals surface area contributed by atoms with E-state index in [1.807, 2.05) is 25.1 Å². The lowest BCUT2D eigenvalue weighted by atomic mass is 9.89. The second-order valence-electron chi connectivity index (χ2n) is 5.43. The van der Waals surface area contributed by atoms with Crippen molar-refractivity contribution in [1.82, 2.24) is 15.1 Å². The van der Waals surface area contributed by atoms with Gasteiger partial charge in [0.2, 0.25) is 5.91 Å². The van der Waals surface area contributed by atoms with Gasteiger partial charge in [-0.1, -0.05) is 30.3 Å². The van der Waals surface area contributed by atoms with E-state index in [1.165, 1.54) is 5.56 Å². The first-order valence-corrected chi connectivity index (χ1v) is 7.80. The topological polar surface area (TPSA) is 72.1 Å². The first-order chi connectivity index (χ1) is 10.1. The minimum atomic E-state index is -0.222. The summed E-state index contributed by atoms with van der Waals surface area (Å²) in [6, 6.07) is 10.1. The first kappa shape index (κ1) is 14.2. The van der Waals surface area contributed by atoms with E-state index in [9.17, 15) is 4.79 Å². The minimum Gasteiger partial charge on any atom is -0.369 e. The van der Waals surface area contributed by atoms with Gasteiger partial charge in [-0.05, 0) is 12.5 Å². The van der Waals surface area contributed by atoms with Gasteiger partial charge < -0.3 is 5.73 Å². The highest BCUT2D eigenvalue weighted by molar-refractivity contribution is 7.11. The molecule has 1 aliphatic rings. The number of hydrogen-bond acceptors (Lipinski definition) is 5. The van der Waals surface area contributed by atoms with Gasteiger partial charge in [0.1, 0.15) is 10.0 Å². The largest absolute Gasteiger partial charge is 0.369 e. The Kier molecular flexibility index (Phi) is 3.98. The Bertz CT molecular complexity index is 628. The van der Waals surface area contributed by atoms with Crippen molar-refractivity contribution in [3.63, 3.8) is 0 Å². The van der Waals surface area contributed by atoms with Crippen molar-refractivity contribution in [2.24, 2.45) is 11.7 Å². The maximum atomic E-state index is 11.8. The minimum absolute atomic E-state index is 0.138. The number of benzene rings is 1. The predicted molar refractivity (Wildman–Crippen MR) is 81.8 cm³/mol. The van der Waals surface area contributed by atoms with Gasteiger partial charge in [0.05, 0.1) is 12.5 Å². The molecule has 1 saturated heterocycles. The molecule has 2 heterocycles. The van der Waals surface area contributed by atoms with Gasteiger partial charge in [0.15, 0.2) is 0 Å². The Labute approximate surface area is 127 Å². The Morgan fingerprint density at radius 2 is 2.10 bits per heavy atom. The van der Waals surface area contributed by atoms with Gasteiger partial charge in [0.25, 0.3) is 0 Å². The molecule has 0 bridgehead atoms. The number of likely N-dealkylation sites (tertiary alicyclic amines) is 1. The summed E-state index contributed by atoms with van der Waals surface area (Å²) in [4.78, 5) is 14.0. The average molecular weight is 302 g/mol. The fraction of sp³-hybridized carbons (Fsp3) is 0.400. The average Bonchev–Trinajstić information content (AvgIpc) is 3.07. The molecule has 6 heteroatoms. The lowest BCUT2D eigenvalue weighted by Crippen LogP contribution is -2.29. The van der Waals surface area contributed by atoms with Crippen LogP contribution in [0.15, 0.2) is 30.3 Å². The zero-order chi connectivity index (χ0) is 14.8. The summed E-state index contributed by atoms with van der Waals surface area (Å²) in [5, 5.41) is 10.2. The van der Waals surface area contributed by atoms with E-state index < -0.39 is 0 Å². The molecule has 0 spiro atoms. The van der Waals surface area contributed by atoms with E-state index >= 15 is 0 Å². The quantitative estimate of drug-likeness (QED) is 0.930. The Morgan fingerprint density at radius 3 is 2.71 bits per heavy atom. The third-order valence-electron chi connectivity index (χ3n) is 3.92. The predicted octanol–water partition coefficient (Wildman–Crippen LogP) is 1.55. The number of aromatic nitrogens is 2. The third-order valence-corrected chi connectivity index (χ3v) is 4.74. The molecule has 0 aliphatic carbocycles. The van der Waals surface area contributed by atoms with E-state index in [1.54, 1.807) is 11.3 Å². The summed E-state index contributed by atoms with van der Waals surface area (Å²) in [5.41, 5.74) is 6.77. The van der Waals surface area contributed by atoms with E-state index in [0.717, 1.165) is 23.1 Å². The van der Waals surface area contributed by atoms with Crippen LogP contribution in [0.4, 0.5) is 0 Å². The van der Waals surface area contributed by atoms with E-state index in [2.05, 4.69) is 27.2 Å². The number of nitrogens with two attached hydrogens (primary N) is 1. The summed E-state index contributed by atoms with van der Waals surface area (Å²) in [7, 11) is 0. The highest BCUT2D eigenvalue weighted by atomic mass is 32.1. The number of hydrogen-bond donors (Lipinski definition) is 1. The van der Waals surface area contributed by atoms with Crippen LogP contribution in [0.25, 0.3) is 0 Å². The fourth-order valence-electron chi connectivity index (χ4n) is 2.93. The number of amides is 1. The molecule has 1 fully saturated rings. The molecule has 2 aromatic rings. The number of rotatable bonds is 4. The van der Waals surface area contributed by atoms with E-state index in [4.69, 9.17) is 5.73 Å². The highest BCUT2D eigenvalue weighted by Gasteiger charge is 2.37. The van der Waals surface area contributed by atoms with Crippen molar-refractivity contribution in [3.05, 3.63) is 45.9 Å². The SMILES string of the molecule is Cc1nnc(CN2C[C@H](C(N)=O)[C@@H](c3ccccc3)C2)s1. The second-order valence-corrected chi connectivity index (χ2v) is 6.70. The molecule has 1 aliphatic heterocycles. The van der Waals surface area contributed by atoms with Gasteiger partial charge in [-0.25, -0.2) is 0 Å². The van der Waals surface area contributed by atoms with Crippen molar-refractivity contribution < 1.29 is 4.79 Å². The lowest BCUT2D eigenvalue weighted by molar-refractivity contribution is -0.121. The number of primary amides is 1. The Balaban J connectivity index is 1.76. The van der Waals surface area contributed by atoms with Crippen molar-refractivity contribution in [2.45, 2.75) is 19.4 Å². The molecule has 5 nitrogen and oxygen atoms in total. The molecule has 2 atom stereocenters. The zero-order valence-corrected chi connectivity index (χ0v) is 12.7. The number of aryl methyl sites for hydroxylation is 1. The van der Waals surface area contributed by atoms with Crippen molar-refractivity contribution in [1.29, 1.82) is 0 Å². The summed E-state index contributed by atoms with van der Waals surface area (Å²) in [6.07, 6.45) is 0. The maximum Gasteiger partial charge on any atom is 0.222 e. The van der Waals surface area contributed by atoms with Gasteiger partial charge in [0, 0.05) is 19.0 Å². The van der Waals surface area contributed by atoms with Crippen molar-refractivity contribution in [3.8, 4) is 0 Å². The molecular formula is C15H18N4OS. The van der Waals surface area contributed by atoms with Crippen molar-refractivity contribution >= 4 is 17.2 Å². The lowest BCUT2D eigenvalue weighted by Gasteiger charge is -2.15. The van der Waals surface area contributed by atoms with Crippen LogP contribution in [0.1, 0.15) is 21.5 Å². The smallest absolute Gasteiger partial charge is 0.222 e. The Hall–Kier alpha value is -1.79. The fourth-order valence-corrected chi connectivity index (χ4v) is 3.68. The van der Waals surface area contributed by atoms with Gasteiger partial charge in [-0.2, -0.15) is 0 Å². The van der Waals surface area contributed by atoms with Crippen LogP contribution in [0, 0.1) is 12.8 Å². The van der Waals surface area contributed by atoms with Crippen LogP contribution in [-0.2, 0) is 11.3 Å². The van der Waals surface area contributed by atoms with Gasteiger partial charge >= 0.3 is 0 Å². The van der Waals surface area contributed by atoms with E-state index in [0.29, 0.717) is 6.54 Å². The van der Waals surface area contributed by atoms with Crippen LogP contribution < -0.4 is 5.73 Å². The van der Waals surface area contributed by atoms with Crippen molar-refractivity contribution in [2.75, 3.05) is 13.1 Å². The molecule has 0 unspecified atom stereocenters. The maximum absolute atomic E-state index is 11.8. The molecule has 110 valence electrons. The highest BCUT2D eigenvalue weighted by Crippen LogP contribution is 2.33. The normalized spacial score (nSPS) is 22.5. The number of carbonyl (C=O) groups is 1. The van der Waals surface area contributed by atoms with Crippen LogP contribution in [0.5, 0.6) is 0 Å². The molecule has 2 N–H and O–H groups in total. The van der Waals surface area contributed by atoms with E-state index in [-0.39, 0.29) is 17.7 Å². The van der Waals surface area contributed by atoms with Gasteiger partial charge in [-0.3, -0.25) is 9.69 Å². The van der Waals surface area contributed by atoms with Crippen LogP contribution in [-0.4, -0.2) is 34.1 Å². The molecule has 21 heavy (non-hydrogen) atoms. The number of nitrogens with zero attached hydrogens (tertiary/aromatic N) is 3. The molecule has 1 aromatic heterocycles. The summed E-state index contributed by atoms with van der Waals surface area (Å²) >= 11 is 1.60. The standard InChI is InChI=1S/C15H18N4OS/c1-10-17-18-14(21-10)9-19-7-12(13(8-19)15(16)20)11-5-3-2-4-6-11/h2-6,12-13H,7-9H2,1H3,(H2,16,20)/t12-,13+/m1/s1. The molecular weight excluding hydrogens is 284 g/mol. The third kappa shape index (κ3) is 3.11. The molecule has 3 rings (SSSR count). The van der Waals surface area contributed by atoms with Crippen LogP contribution in [0.3, 0.4) is 0 Å². The zero-order valence-electron chi connectivity index (χ0n) is 11.9. The summed E-state index contributed by atoms with van der Waals surface area (Å²) in [5.74, 6) is -0.195. The molecule has 1 amide bonds. The second kappa shape index (κ2) is 5.91. The molecule has 0 radical (unpaired) electrons. The first-order valence-electron chi connectivity index (χ1n) is 6.99. The summed E-state index contributed by atoms with van der Waals surface area (Å²) in [6.45, 7) is 4.20. The number of carbonyl (C=O) groups excluding carboxylic acids is 1. The van der Waals surface area contributed by atoms with Crippen LogP contribution in [0.2, 0.25) is 0 Å².